The van der Waals surface area contributed by atoms with Crippen LogP contribution in [0, 0.1) is 5.92 Å². The van der Waals surface area contributed by atoms with E-state index in [1.807, 2.05) is 20.8 Å². The molecule has 0 saturated carbocycles. The zero-order chi connectivity index (χ0) is 21.2. The van der Waals surface area contributed by atoms with Crippen LogP contribution in [0.25, 0.3) is 0 Å². The summed E-state index contributed by atoms with van der Waals surface area (Å²) in [5.74, 6) is -0.234. The Morgan fingerprint density at radius 3 is 2.24 bits per heavy atom. The van der Waals surface area contributed by atoms with Gasteiger partial charge in [0, 0.05) is 17.7 Å². The Bertz CT molecular complexity index is 847. The molecule has 2 aromatic rings. The van der Waals surface area contributed by atoms with E-state index in [0.717, 1.165) is 6.42 Å². The molecule has 0 atom stereocenters. The SMILES string of the molecule is CCCC(=O)Nc1ccc(C(=O)NNC(=O)c2ccccc2OCC(C)C)cc1. The van der Waals surface area contributed by atoms with Gasteiger partial charge in [-0.2, -0.15) is 0 Å². The maximum atomic E-state index is 12.4. The lowest BCUT2D eigenvalue weighted by atomic mass is 10.2. The van der Waals surface area contributed by atoms with E-state index in [0.29, 0.717) is 41.5 Å². The summed E-state index contributed by atoms with van der Waals surface area (Å²) in [5, 5.41) is 2.75. The molecule has 2 rings (SSSR count). The van der Waals surface area contributed by atoms with Crippen molar-refractivity contribution in [1.82, 2.24) is 10.9 Å². The number of carbonyl (C=O) groups is 3. The van der Waals surface area contributed by atoms with Gasteiger partial charge in [-0.25, -0.2) is 0 Å². The maximum Gasteiger partial charge on any atom is 0.273 e. The van der Waals surface area contributed by atoms with Gasteiger partial charge in [0.1, 0.15) is 5.75 Å². The highest BCUT2D eigenvalue weighted by Crippen LogP contribution is 2.18. The van der Waals surface area contributed by atoms with Crippen molar-refractivity contribution >= 4 is 23.4 Å². The van der Waals surface area contributed by atoms with Gasteiger partial charge in [0.2, 0.25) is 5.91 Å². The molecule has 0 heterocycles. The molecule has 0 saturated heterocycles. The Morgan fingerprint density at radius 1 is 0.931 bits per heavy atom. The molecule has 0 aromatic heterocycles. The van der Waals surface area contributed by atoms with E-state index in [1.165, 1.54) is 0 Å². The van der Waals surface area contributed by atoms with Crippen molar-refractivity contribution in [2.45, 2.75) is 33.6 Å². The van der Waals surface area contributed by atoms with E-state index >= 15 is 0 Å². The van der Waals surface area contributed by atoms with Gasteiger partial charge < -0.3 is 10.1 Å². The van der Waals surface area contributed by atoms with Gasteiger partial charge in [-0.05, 0) is 48.7 Å². The Labute approximate surface area is 170 Å². The van der Waals surface area contributed by atoms with Crippen LogP contribution in [-0.4, -0.2) is 24.3 Å². The first kappa shape index (κ1) is 21.9. The molecule has 29 heavy (non-hydrogen) atoms. The number of hydrogen-bond donors (Lipinski definition) is 3. The van der Waals surface area contributed by atoms with Crippen molar-refractivity contribution in [3.8, 4) is 5.75 Å². The summed E-state index contributed by atoms with van der Waals surface area (Å²) in [6.45, 7) is 6.45. The largest absolute Gasteiger partial charge is 0.492 e. The minimum atomic E-state index is -0.471. The van der Waals surface area contributed by atoms with Gasteiger partial charge in [-0.1, -0.05) is 32.9 Å². The van der Waals surface area contributed by atoms with E-state index in [9.17, 15) is 14.4 Å². The summed E-state index contributed by atoms with van der Waals surface area (Å²) in [4.78, 5) is 36.3. The third-order valence-electron chi connectivity index (χ3n) is 3.90. The van der Waals surface area contributed by atoms with Crippen LogP contribution in [0.4, 0.5) is 5.69 Å². The highest BCUT2D eigenvalue weighted by Gasteiger charge is 2.14. The number of nitrogens with one attached hydrogen (secondary N) is 3. The van der Waals surface area contributed by atoms with Gasteiger partial charge in [-0.3, -0.25) is 25.2 Å². The molecule has 0 radical (unpaired) electrons. The molecule has 7 heteroatoms. The lowest BCUT2D eigenvalue weighted by molar-refractivity contribution is -0.116. The second-order valence-corrected chi connectivity index (χ2v) is 6.98. The molecule has 0 aliphatic heterocycles. The van der Waals surface area contributed by atoms with Gasteiger partial charge >= 0.3 is 0 Å². The van der Waals surface area contributed by atoms with Crippen LogP contribution < -0.4 is 20.9 Å². The third-order valence-corrected chi connectivity index (χ3v) is 3.90. The summed E-state index contributed by atoms with van der Waals surface area (Å²) < 4.78 is 5.67. The molecule has 0 unspecified atom stereocenters. The first-order chi connectivity index (χ1) is 13.9. The summed E-state index contributed by atoms with van der Waals surface area (Å²) in [6, 6.07) is 13.3. The van der Waals surface area contributed by atoms with Crippen molar-refractivity contribution in [3.63, 3.8) is 0 Å². The number of anilines is 1. The van der Waals surface area contributed by atoms with Crippen LogP contribution in [0.15, 0.2) is 48.5 Å². The normalized spacial score (nSPS) is 10.3. The quantitative estimate of drug-likeness (QED) is 0.594. The van der Waals surface area contributed by atoms with Crippen molar-refractivity contribution < 1.29 is 19.1 Å². The number of benzene rings is 2. The Morgan fingerprint density at radius 2 is 1.59 bits per heavy atom. The molecule has 0 aliphatic carbocycles. The fourth-order valence-corrected chi connectivity index (χ4v) is 2.45. The van der Waals surface area contributed by atoms with E-state index in [-0.39, 0.29) is 5.91 Å². The zero-order valence-electron chi connectivity index (χ0n) is 17.0. The fourth-order valence-electron chi connectivity index (χ4n) is 2.45. The van der Waals surface area contributed by atoms with Gasteiger partial charge in [0.05, 0.1) is 12.2 Å². The molecular formula is C22H27N3O4. The lowest BCUT2D eigenvalue weighted by Gasteiger charge is -2.13. The second-order valence-electron chi connectivity index (χ2n) is 6.98. The zero-order valence-corrected chi connectivity index (χ0v) is 17.0. The molecule has 2 aromatic carbocycles. The van der Waals surface area contributed by atoms with E-state index in [4.69, 9.17) is 4.74 Å². The van der Waals surface area contributed by atoms with Gasteiger partial charge in [-0.15, -0.1) is 0 Å². The van der Waals surface area contributed by atoms with E-state index in [1.54, 1.807) is 48.5 Å². The second kappa shape index (κ2) is 10.8. The number of para-hydroxylation sites is 1. The molecule has 0 spiro atoms. The highest BCUT2D eigenvalue weighted by molar-refractivity contribution is 6.00. The van der Waals surface area contributed by atoms with Crippen molar-refractivity contribution in [1.29, 1.82) is 0 Å². The number of ether oxygens (including phenoxy) is 1. The molecular weight excluding hydrogens is 370 g/mol. The Hall–Kier alpha value is -3.35. The van der Waals surface area contributed by atoms with Crippen molar-refractivity contribution in [2.24, 2.45) is 5.92 Å². The van der Waals surface area contributed by atoms with Crippen LogP contribution in [-0.2, 0) is 4.79 Å². The minimum absolute atomic E-state index is 0.0738. The van der Waals surface area contributed by atoms with Gasteiger partial charge in [0.15, 0.2) is 0 Å². The fraction of sp³-hybridized carbons (Fsp3) is 0.318. The first-order valence-corrected chi connectivity index (χ1v) is 9.63. The van der Waals surface area contributed by atoms with Crippen LogP contribution in [0.2, 0.25) is 0 Å². The topological polar surface area (TPSA) is 96.5 Å². The average Bonchev–Trinajstić information content (AvgIpc) is 2.71. The molecule has 0 aliphatic rings. The first-order valence-electron chi connectivity index (χ1n) is 9.63. The minimum Gasteiger partial charge on any atom is -0.492 e. The van der Waals surface area contributed by atoms with E-state index < -0.39 is 11.8 Å². The van der Waals surface area contributed by atoms with Crippen LogP contribution >= 0.6 is 0 Å². The summed E-state index contributed by atoms with van der Waals surface area (Å²) in [6.07, 6.45) is 1.20. The molecule has 3 N–H and O–H groups in total. The predicted octanol–water partition coefficient (Wildman–Crippen LogP) is 3.53. The summed E-state index contributed by atoms with van der Waals surface area (Å²) in [5.41, 5.74) is 6.09. The monoisotopic (exact) mass is 397 g/mol. The standard InChI is InChI=1S/C22H27N3O4/c1-4-7-20(26)23-17-12-10-16(11-13-17)21(27)24-25-22(28)18-8-5-6-9-19(18)29-14-15(2)3/h5-6,8-13,15H,4,7,14H2,1-3H3,(H,23,26)(H,24,27)(H,25,28). The molecule has 0 bridgehead atoms. The number of carbonyl (C=O) groups excluding carboxylic acids is 3. The third kappa shape index (κ3) is 6.95. The molecule has 7 nitrogen and oxygen atoms in total. The smallest absolute Gasteiger partial charge is 0.273 e. The van der Waals surface area contributed by atoms with Crippen LogP contribution in [0.1, 0.15) is 54.3 Å². The number of rotatable bonds is 8. The van der Waals surface area contributed by atoms with Crippen molar-refractivity contribution in [2.75, 3.05) is 11.9 Å². The highest BCUT2D eigenvalue weighted by atomic mass is 16.5. The molecule has 154 valence electrons. The maximum absolute atomic E-state index is 12.4. The molecule has 3 amide bonds. The number of hydrazine groups is 1. The average molecular weight is 397 g/mol. The Balaban J connectivity index is 1.93. The number of amides is 3. The predicted molar refractivity (Wildman–Crippen MR) is 112 cm³/mol. The van der Waals surface area contributed by atoms with Crippen molar-refractivity contribution in [3.05, 3.63) is 59.7 Å². The van der Waals surface area contributed by atoms with Crippen LogP contribution in [0.3, 0.4) is 0 Å². The molecule has 0 fully saturated rings. The number of hydrogen-bond acceptors (Lipinski definition) is 4. The Kier molecular flexibility index (Phi) is 8.21. The van der Waals surface area contributed by atoms with E-state index in [2.05, 4.69) is 16.2 Å². The summed E-state index contributed by atoms with van der Waals surface area (Å²) >= 11 is 0. The van der Waals surface area contributed by atoms with Crippen LogP contribution in [0.5, 0.6) is 5.75 Å². The summed E-state index contributed by atoms with van der Waals surface area (Å²) in [7, 11) is 0. The van der Waals surface area contributed by atoms with Gasteiger partial charge in [0.25, 0.3) is 11.8 Å². The lowest BCUT2D eigenvalue weighted by Crippen LogP contribution is -2.41.